The first kappa shape index (κ1) is 14.6. The van der Waals surface area contributed by atoms with Gasteiger partial charge >= 0.3 is 6.09 Å². The zero-order valence-corrected chi connectivity index (χ0v) is 12.3. The third-order valence-corrected chi connectivity index (χ3v) is 3.70. The molecule has 0 aromatic carbocycles. The quantitative estimate of drug-likeness (QED) is 0.778. The number of ether oxygens (including phenoxy) is 2. The number of piperazine rings is 1. The number of nitrogens with zero attached hydrogens (tertiary/aromatic N) is 2. The van der Waals surface area contributed by atoms with Crippen LogP contribution < -0.4 is 0 Å². The minimum Gasteiger partial charge on any atom is -0.449 e. The highest BCUT2D eigenvalue weighted by molar-refractivity contribution is 5.68. The fraction of sp³-hybridized carbons (Fsp3) is 0.929. The van der Waals surface area contributed by atoms with Gasteiger partial charge in [0.2, 0.25) is 0 Å². The first-order chi connectivity index (χ1) is 9.11. The summed E-state index contributed by atoms with van der Waals surface area (Å²) in [5, 5.41) is 0. The van der Waals surface area contributed by atoms with Crippen LogP contribution in [0.2, 0.25) is 0 Å². The van der Waals surface area contributed by atoms with E-state index in [0.29, 0.717) is 24.6 Å². The first-order valence-electron chi connectivity index (χ1n) is 7.37. The van der Waals surface area contributed by atoms with E-state index >= 15 is 0 Å². The van der Waals surface area contributed by atoms with Crippen molar-refractivity contribution >= 4 is 6.09 Å². The molecule has 0 aromatic heterocycles. The third kappa shape index (κ3) is 3.60. The summed E-state index contributed by atoms with van der Waals surface area (Å²) in [4.78, 5) is 16.4. The third-order valence-electron chi connectivity index (χ3n) is 3.70. The maximum absolute atomic E-state index is 12.0. The van der Waals surface area contributed by atoms with Crippen molar-refractivity contribution in [1.29, 1.82) is 0 Å². The van der Waals surface area contributed by atoms with Gasteiger partial charge in [-0.2, -0.15) is 0 Å². The molecule has 0 aromatic rings. The zero-order valence-electron chi connectivity index (χ0n) is 12.3. The van der Waals surface area contributed by atoms with Gasteiger partial charge in [-0.1, -0.05) is 20.8 Å². The van der Waals surface area contributed by atoms with Crippen molar-refractivity contribution in [3.8, 4) is 0 Å². The molecule has 2 aliphatic heterocycles. The molecular weight excluding hydrogens is 244 g/mol. The molecule has 2 atom stereocenters. The number of hydrogen-bond donors (Lipinski definition) is 0. The Hall–Kier alpha value is -0.810. The van der Waals surface area contributed by atoms with Crippen molar-refractivity contribution in [2.45, 2.75) is 39.3 Å². The van der Waals surface area contributed by atoms with E-state index in [4.69, 9.17) is 9.47 Å². The molecular formula is C14H26N2O3. The molecule has 0 radical (unpaired) electrons. The van der Waals surface area contributed by atoms with Gasteiger partial charge in [-0.05, 0) is 18.9 Å². The van der Waals surface area contributed by atoms with Gasteiger partial charge in [0.05, 0.1) is 31.9 Å². The fourth-order valence-corrected chi connectivity index (χ4v) is 2.83. The van der Waals surface area contributed by atoms with Gasteiger partial charge in [-0.3, -0.25) is 4.90 Å². The Morgan fingerprint density at radius 1 is 1.32 bits per heavy atom. The molecule has 2 rings (SSSR count). The Morgan fingerprint density at radius 2 is 1.95 bits per heavy atom. The molecule has 2 aliphatic rings. The molecule has 5 nitrogen and oxygen atoms in total. The molecule has 2 fully saturated rings. The van der Waals surface area contributed by atoms with Gasteiger partial charge < -0.3 is 14.4 Å². The molecule has 110 valence electrons. The monoisotopic (exact) mass is 270 g/mol. The number of carbonyl (C=O) groups excluding carboxylic acids is 1. The van der Waals surface area contributed by atoms with E-state index in [1.54, 1.807) is 0 Å². The van der Waals surface area contributed by atoms with Gasteiger partial charge in [-0.25, -0.2) is 4.79 Å². The van der Waals surface area contributed by atoms with E-state index in [1.807, 2.05) is 4.90 Å². The molecule has 19 heavy (non-hydrogen) atoms. The average molecular weight is 270 g/mol. The summed E-state index contributed by atoms with van der Waals surface area (Å²) in [5.74, 6) is 0.383. The molecule has 0 aliphatic carbocycles. The van der Waals surface area contributed by atoms with Crippen LogP contribution in [0.25, 0.3) is 0 Å². The maximum atomic E-state index is 12.0. The minimum atomic E-state index is -0.165. The largest absolute Gasteiger partial charge is 0.449 e. The van der Waals surface area contributed by atoms with Crippen molar-refractivity contribution in [2.75, 3.05) is 39.5 Å². The summed E-state index contributed by atoms with van der Waals surface area (Å²) in [6.45, 7) is 10.8. The van der Waals surface area contributed by atoms with Crippen LogP contribution in [0.3, 0.4) is 0 Å². The first-order valence-corrected chi connectivity index (χ1v) is 7.37. The zero-order chi connectivity index (χ0) is 13.8. The summed E-state index contributed by atoms with van der Waals surface area (Å²) >= 11 is 0. The van der Waals surface area contributed by atoms with Crippen LogP contribution in [0.1, 0.15) is 27.2 Å². The summed E-state index contributed by atoms with van der Waals surface area (Å²) in [6, 6.07) is 0.665. The second-order valence-electron chi connectivity index (χ2n) is 5.96. The van der Waals surface area contributed by atoms with E-state index in [1.165, 1.54) is 0 Å². The summed E-state index contributed by atoms with van der Waals surface area (Å²) in [6.07, 6.45) is 0.979. The van der Waals surface area contributed by atoms with Crippen LogP contribution >= 0.6 is 0 Å². The highest BCUT2D eigenvalue weighted by atomic mass is 16.6. The Kier molecular flexibility index (Phi) is 5.05. The molecule has 2 unspecified atom stereocenters. The van der Waals surface area contributed by atoms with E-state index in [-0.39, 0.29) is 6.09 Å². The van der Waals surface area contributed by atoms with E-state index < -0.39 is 0 Å². The van der Waals surface area contributed by atoms with Crippen LogP contribution in [-0.4, -0.2) is 67.4 Å². The minimum absolute atomic E-state index is 0.165. The van der Waals surface area contributed by atoms with Crippen LogP contribution in [0.5, 0.6) is 0 Å². The molecule has 0 N–H and O–H groups in total. The molecule has 0 saturated carbocycles. The van der Waals surface area contributed by atoms with Gasteiger partial charge in [0.25, 0.3) is 0 Å². The second kappa shape index (κ2) is 6.57. The van der Waals surface area contributed by atoms with Crippen molar-refractivity contribution in [3.63, 3.8) is 0 Å². The normalized spacial score (nSPS) is 27.7. The lowest BCUT2D eigenvalue weighted by Gasteiger charge is -2.49. The predicted octanol–water partition coefficient (Wildman–Crippen LogP) is 1.57. The van der Waals surface area contributed by atoms with Crippen LogP contribution in [-0.2, 0) is 9.47 Å². The van der Waals surface area contributed by atoms with Crippen molar-refractivity contribution in [1.82, 2.24) is 9.80 Å². The number of fused-ring (bicyclic) bond motifs is 2. The number of rotatable bonds is 4. The van der Waals surface area contributed by atoms with Crippen molar-refractivity contribution in [2.24, 2.45) is 5.92 Å². The van der Waals surface area contributed by atoms with E-state index in [0.717, 1.165) is 39.3 Å². The Balaban J connectivity index is 1.91. The summed E-state index contributed by atoms with van der Waals surface area (Å²) in [7, 11) is 0. The number of morpholine rings is 1. The molecule has 1 amide bonds. The maximum Gasteiger partial charge on any atom is 0.409 e. The topological polar surface area (TPSA) is 42.0 Å². The molecule has 2 saturated heterocycles. The number of carbonyl (C=O) groups is 1. The summed E-state index contributed by atoms with van der Waals surface area (Å²) in [5.41, 5.74) is 0. The molecule has 2 bridgehead atoms. The van der Waals surface area contributed by atoms with Crippen molar-refractivity contribution in [3.05, 3.63) is 0 Å². The Labute approximate surface area is 115 Å². The SMILES string of the molecule is CCCN1C2COCC1CN(C(=O)OCC(C)C)C2. The predicted molar refractivity (Wildman–Crippen MR) is 73.2 cm³/mol. The van der Waals surface area contributed by atoms with E-state index in [9.17, 15) is 4.79 Å². The van der Waals surface area contributed by atoms with Gasteiger partial charge in [-0.15, -0.1) is 0 Å². The average Bonchev–Trinajstić information content (AvgIpc) is 2.35. The standard InChI is InChI=1S/C14H26N2O3/c1-4-5-16-12-6-15(7-13(16)10-18-9-12)14(17)19-8-11(2)3/h11-13H,4-10H2,1-3H3. The molecule has 5 heteroatoms. The number of amides is 1. The Bertz CT molecular complexity index is 295. The summed E-state index contributed by atoms with van der Waals surface area (Å²) < 4.78 is 10.9. The fourth-order valence-electron chi connectivity index (χ4n) is 2.83. The lowest BCUT2D eigenvalue weighted by molar-refractivity contribution is -0.0930. The van der Waals surface area contributed by atoms with Gasteiger partial charge in [0.1, 0.15) is 0 Å². The molecule has 0 spiro atoms. The smallest absolute Gasteiger partial charge is 0.409 e. The second-order valence-corrected chi connectivity index (χ2v) is 5.96. The van der Waals surface area contributed by atoms with Gasteiger partial charge in [0, 0.05) is 13.1 Å². The number of hydrogen-bond acceptors (Lipinski definition) is 4. The molecule has 2 heterocycles. The lowest BCUT2D eigenvalue weighted by Crippen LogP contribution is -2.65. The highest BCUT2D eigenvalue weighted by Crippen LogP contribution is 2.22. The van der Waals surface area contributed by atoms with E-state index in [2.05, 4.69) is 25.7 Å². The van der Waals surface area contributed by atoms with Gasteiger partial charge in [0.15, 0.2) is 0 Å². The van der Waals surface area contributed by atoms with Crippen LogP contribution in [0.15, 0.2) is 0 Å². The van der Waals surface area contributed by atoms with Crippen molar-refractivity contribution < 1.29 is 14.3 Å². The Morgan fingerprint density at radius 3 is 2.47 bits per heavy atom. The highest BCUT2D eigenvalue weighted by Gasteiger charge is 2.39. The van der Waals surface area contributed by atoms with Crippen LogP contribution in [0, 0.1) is 5.92 Å². The van der Waals surface area contributed by atoms with Crippen LogP contribution in [0.4, 0.5) is 4.79 Å². The lowest BCUT2D eigenvalue weighted by atomic mass is 10.0.